The number of rotatable bonds is 3. The summed E-state index contributed by atoms with van der Waals surface area (Å²) >= 11 is 1.60. The van der Waals surface area contributed by atoms with Gasteiger partial charge in [-0.05, 0) is 5.92 Å². The van der Waals surface area contributed by atoms with E-state index in [-0.39, 0.29) is 0 Å². The average Bonchev–Trinajstić information content (AvgIpc) is 2.78. The summed E-state index contributed by atoms with van der Waals surface area (Å²) in [7, 11) is 0. The molecule has 1 atom stereocenters. The van der Waals surface area contributed by atoms with Crippen LogP contribution in [0.25, 0.3) is 10.7 Å². The Kier molecular flexibility index (Phi) is 3.24. The van der Waals surface area contributed by atoms with Crippen molar-refractivity contribution >= 4 is 11.3 Å². The third kappa shape index (κ3) is 2.24. The van der Waals surface area contributed by atoms with Gasteiger partial charge in [-0.15, -0.1) is 10.2 Å². The molecule has 5 heteroatoms. The minimum absolute atomic E-state index is 0.433. The molecule has 0 saturated carbocycles. The second-order valence-electron chi connectivity index (χ2n) is 4.07. The third-order valence-corrected chi connectivity index (χ3v) is 3.76. The van der Waals surface area contributed by atoms with Crippen LogP contribution in [0.1, 0.15) is 31.7 Å². The highest BCUT2D eigenvalue weighted by Crippen LogP contribution is 2.29. The summed E-state index contributed by atoms with van der Waals surface area (Å²) in [6.45, 7) is 6.55. The molecule has 2 rings (SSSR count). The minimum Gasteiger partial charge on any atom is -0.261 e. The van der Waals surface area contributed by atoms with Crippen LogP contribution in [-0.2, 0) is 0 Å². The minimum atomic E-state index is 0.433. The van der Waals surface area contributed by atoms with Crippen LogP contribution in [0.2, 0.25) is 0 Å². The lowest BCUT2D eigenvalue weighted by Gasteiger charge is -2.10. The highest BCUT2D eigenvalue weighted by Gasteiger charge is 2.16. The molecule has 2 heterocycles. The summed E-state index contributed by atoms with van der Waals surface area (Å²) in [5.74, 6) is 1.01. The highest BCUT2D eigenvalue weighted by atomic mass is 32.1. The van der Waals surface area contributed by atoms with Crippen molar-refractivity contribution in [1.29, 1.82) is 0 Å². The zero-order valence-electron chi connectivity index (χ0n) is 9.58. The molecule has 1 unspecified atom stereocenters. The molecule has 0 aliphatic carbocycles. The Balaban J connectivity index is 2.27. The van der Waals surface area contributed by atoms with E-state index < -0.39 is 0 Å². The van der Waals surface area contributed by atoms with Crippen LogP contribution in [0.15, 0.2) is 18.6 Å². The second kappa shape index (κ2) is 4.65. The maximum atomic E-state index is 4.21. The smallest absolute Gasteiger partial charge is 0.167 e. The first-order valence-electron chi connectivity index (χ1n) is 5.28. The third-order valence-electron chi connectivity index (χ3n) is 2.61. The molecule has 0 spiro atoms. The van der Waals surface area contributed by atoms with Gasteiger partial charge in [0.15, 0.2) is 5.01 Å². The lowest BCUT2D eigenvalue weighted by atomic mass is 9.99. The molecule has 0 amide bonds. The van der Waals surface area contributed by atoms with E-state index in [4.69, 9.17) is 0 Å². The lowest BCUT2D eigenvalue weighted by Crippen LogP contribution is -2.00. The van der Waals surface area contributed by atoms with E-state index in [0.29, 0.717) is 11.8 Å². The van der Waals surface area contributed by atoms with Gasteiger partial charge in [0, 0.05) is 18.3 Å². The van der Waals surface area contributed by atoms with Crippen molar-refractivity contribution in [3.63, 3.8) is 0 Å². The van der Waals surface area contributed by atoms with Gasteiger partial charge in [-0.1, -0.05) is 32.1 Å². The van der Waals surface area contributed by atoms with E-state index in [1.54, 1.807) is 29.9 Å². The topological polar surface area (TPSA) is 51.6 Å². The van der Waals surface area contributed by atoms with Crippen LogP contribution in [0.4, 0.5) is 0 Å². The predicted octanol–water partition coefficient (Wildman–Crippen LogP) is 2.75. The van der Waals surface area contributed by atoms with E-state index in [9.17, 15) is 0 Å². The molecule has 0 aliphatic heterocycles. The van der Waals surface area contributed by atoms with Gasteiger partial charge in [0.2, 0.25) is 0 Å². The maximum absolute atomic E-state index is 4.21. The van der Waals surface area contributed by atoms with Gasteiger partial charge in [0.05, 0.1) is 6.20 Å². The summed E-state index contributed by atoms with van der Waals surface area (Å²) in [4.78, 5) is 8.24. The van der Waals surface area contributed by atoms with E-state index in [2.05, 4.69) is 40.9 Å². The number of hydrogen-bond acceptors (Lipinski definition) is 5. The maximum Gasteiger partial charge on any atom is 0.167 e. The molecule has 0 N–H and O–H groups in total. The molecule has 84 valence electrons. The van der Waals surface area contributed by atoms with Crippen LogP contribution in [0.5, 0.6) is 0 Å². The summed E-state index contributed by atoms with van der Waals surface area (Å²) in [5, 5.41) is 10.3. The second-order valence-corrected chi connectivity index (χ2v) is 5.08. The molecular formula is C11H14N4S. The molecule has 0 radical (unpaired) electrons. The summed E-state index contributed by atoms with van der Waals surface area (Å²) in [5.41, 5.74) is 0.794. The molecule has 2 aromatic rings. The Morgan fingerprint density at radius 1 is 1.12 bits per heavy atom. The SMILES string of the molecule is CC(C)C(C)c1nnc(-c2cnccn2)s1. The van der Waals surface area contributed by atoms with Gasteiger partial charge < -0.3 is 0 Å². The largest absolute Gasteiger partial charge is 0.261 e. The van der Waals surface area contributed by atoms with E-state index in [0.717, 1.165) is 15.7 Å². The van der Waals surface area contributed by atoms with Crippen molar-refractivity contribution in [1.82, 2.24) is 20.2 Å². The van der Waals surface area contributed by atoms with Gasteiger partial charge >= 0.3 is 0 Å². The Morgan fingerprint density at radius 3 is 2.56 bits per heavy atom. The van der Waals surface area contributed by atoms with E-state index in [1.807, 2.05) is 0 Å². The van der Waals surface area contributed by atoms with Crippen LogP contribution in [-0.4, -0.2) is 20.2 Å². The van der Waals surface area contributed by atoms with Crippen LogP contribution >= 0.6 is 11.3 Å². The summed E-state index contributed by atoms with van der Waals surface area (Å²) in [6.07, 6.45) is 5.04. The Morgan fingerprint density at radius 2 is 1.94 bits per heavy atom. The molecule has 0 aliphatic rings. The quantitative estimate of drug-likeness (QED) is 0.819. The van der Waals surface area contributed by atoms with Crippen molar-refractivity contribution in [2.24, 2.45) is 5.92 Å². The van der Waals surface area contributed by atoms with E-state index >= 15 is 0 Å². The normalized spacial score (nSPS) is 13.0. The van der Waals surface area contributed by atoms with E-state index in [1.165, 1.54) is 0 Å². The predicted molar refractivity (Wildman–Crippen MR) is 64.2 cm³/mol. The molecule has 0 saturated heterocycles. The van der Waals surface area contributed by atoms with Gasteiger partial charge in [-0.3, -0.25) is 9.97 Å². The molecular weight excluding hydrogens is 220 g/mol. The van der Waals surface area contributed by atoms with Crippen LogP contribution in [0.3, 0.4) is 0 Å². The molecule has 0 bridgehead atoms. The highest BCUT2D eigenvalue weighted by molar-refractivity contribution is 7.14. The molecule has 4 nitrogen and oxygen atoms in total. The molecule has 0 fully saturated rings. The fourth-order valence-corrected chi connectivity index (χ4v) is 2.25. The first kappa shape index (κ1) is 11.1. The van der Waals surface area contributed by atoms with Gasteiger partial charge in [-0.2, -0.15) is 0 Å². The molecule has 0 aromatic carbocycles. The number of aromatic nitrogens is 4. The summed E-state index contributed by atoms with van der Waals surface area (Å²) < 4.78 is 0. The van der Waals surface area contributed by atoms with Gasteiger partial charge in [0.1, 0.15) is 10.7 Å². The Labute approximate surface area is 98.8 Å². The fourth-order valence-electron chi connectivity index (χ4n) is 1.22. The monoisotopic (exact) mass is 234 g/mol. The van der Waals surface area contributed by atoms with Crippen molar-refractivity contribution in [2.75, 3.05) is 0 Å². The van der Waals surface area contributed by atoms with Crippen molar-refractivity contribution in [3.8, 4) is 10.7 Å². The van der Waals surface area contributed by atoms with Gasteiger partial charge in [-0.25, -0.2) is 0 Å². The van der Waals surface area contributed by atoms with Crippen LogP contribution in [0, 0.1) is 5.92 Å². The average molecular weight is 234 g/mol. The Bertz CT molecular complexity index is 452. The van der Waals surface area contributed by atoms with Crippen LogP contribution < -0.4 is 0 Å². The molecule has 2 aromatic heterocycles. The zero-order chi connectivity index (χ0) is 11.5. The van der Waals surface area contributed by atoms with Crippen molar-refractivity contribution in [2.45, 2.75) is 26.7 Å². The fraction of sp³-hybridized carbons (Fsp3) is 0.455. The number of nitrogens with zero attached hydrogens (tertiary/aromatic N) is 4. The Hall–Kier alpha value is -1.36. The van der Waals surface area contributed by atoms with Crippen molar-refractivity contribution < 1.29 is 0 Å². The standard InChI is InChI=1S/C11H14N4S/c1-7(2)8(3)10-14-15-11(16-10)9-6-12-4-5-13-9/h4-8H,1-3H3. The first-order valence-corrected chi connectivity index (χ1v) is 6.10. The summed E-state index contributed by atoms with van der Waals surface area (Å²) in [6, 6.07) is 0. The van der Waals surface area contributed by atoms with Crippen molar-refractivity contribution in [3.05, 3.63) is 23.6 Å². The zero-order valence-corrected chi connectivity index (χ0v) is 10.4. The molecule has 16 heavy (non-hydrogen) atoms. The van der Waals surface area contributed by atoms with Gasteiger partial charge in [0.25, 0.3) is 0 Å². The lowest BCUT2D eigenvalue weighted by molar-refractivity contribution is 0.529. The number of hydrogen-bond donors (Lipinski definition) is 0. The first-order chi connectivity index (χ1) is 7.68.